The van der Waals surface area contributed by atoms with Crippen LogP contribution >= 0.6 is 0 Å². The topological polar surface area (TPSA) is 62.0 Å². The van der Waals surface area contributed by atoms with Crippen LogP contribution in [0.2, 0.25) is 0 Å². The van der Waals surface area contributed by atoms with Gasteiger partial charge in [-0.15, -0.1) is 0 Å². The van der Waals surface area contributed by atoms with Crippen molar-refractivity contribution < 1.29 is 18.0 Å². The van der Waals surface area contributed by atoms with E-state index >= 15 is 0 Å². The highest BCUT2D eigenvalue weighted by Crippen LogP contribution is 2.37. The zero-order valence-electron chi connectivity index (χ0n) is 10.7. The number of aromatic amines is 1. The van der Waals surface area contributed by atoms with Crippen molar-refractivity contribution in [3.8, 4) is 0 Å². The molecular formula is C13H15F3N2O2. The van der Waals surface area contributed by atoms with Gasteiger partial charge in [0.25, 0.3) is 11.5 Å². The van der Waals surface area contributed by atoms with E-state index in [2.05, 4.69) is 10.3 Å². The number of amides is 1. The van der Waals surface area contributed by atoms with Gasteiger partial charge in [-0.25, -0.2) is 0 Å². The molecule has 0 aliphatic heterocycles. The molecule has 0 radical (unpaired) electrons. The first-order valence-corrected chi connectivity index (χ1v) is 6.43. The van der Waals surface area contributed by atoms with Gasteiger partial charge in [-0.2, -0.15) is 13.2 Å². The van der Waals surface area contributed by atoms with Crippen LogP contribution in [0.15, 0.2) is 23.1 Å². The molecule has 1 aliphatic carbocycles. The van der Waals surface area contributed by atoms with Gasteiger partial charge in [-0.1, -0.05) is 6.42 Å². The third-order valence-electron chi connectivity index (χ3n) is 3.54. The molecule has 7 heteroatoms. The zero-order chi connectivity index (χ0) is 14.8. The second-order valence-corrected chi connectivity index (χ2v) is 4.99. The van der Waals surface area contributed by atoms with Crippen LogP contribution in [0, 0.1) is 5.92 Å². The first-order valence-electron chi connectivity index (χ1n) is 6.43. The molecule has 1 saturated carbocycles. The lowest BCUT2D eigenvalue weighted by Crippen LogP contribution is -2.42. The van der Waals surface area contributed by atoms with E-state index in [-0.39, 0.29) is 18.4 Å². The summed E-state index contributed by atoms with van der Waals surface area (Å²) < 4.78 is 38.0. The number of alkyl halides is 3. The van der Waals surface area contributed by atoms with Gasteiger partial charge in [0.15, 0.2) is 0 Å². The summed E-state index contributed by atoms with van der Waals surface area (Å²) in [7, 11) is 0. The average molecular weight is 288 g/mol. The lowest BCUT2D eigenvalue weighted by Gasteiger charge is -2.30. The van der Waals surface area contributed by atoms with Gasteiger partial charge in [-0.3, -0.25) is 9.59 Å². The Bertz CT molecular complexity index is 539. The third kappa shape index (κ3) is 3.40. The van der Waals surface area contributed by atoms with E-state index in [1.54, 1.807) is 0 Å². The Labute approximate surface area is 113 Å². The standard InChI is InChI=1S/C13H15F3N2O2/c14-13(15,16)8-3-1-4-9(7-8)18-12(20)10-5-2-6-17-11(10)19/h2,5-6,8-9H,1,3-4,7H2,(H,17,19)(H,18,20). The summed E-state index contributed by atoms with van der Waals surface area (Å²) in [5.74, 6) is -2.00. The van der Waals surface area contributed by atoms with Gasteiger partial charge < -0.3 is 10.3 Å². The molecule has 20 heavy (non-hydrogen) atoms. The maximum absolute atomic E-state index is 12.7. The third-order valence-corrected chi connectivity index (χ3v) is 3.54. The Morgan fingerprint density at radius 2 is 2.10 bits per heavy atom. The Kier molecular flexibility index (Phi) is 4.15. The Balaban J connectivity index is 2.02. The van der Waals surface area contributed by atoms with E-state index in [1.165, 1.54) is 18.3 Å². The highest BCUT2D eigenvalue weighted by atomic mass is 19.4. The van der Waals surface area contributed by atoms with Crippen LogP contribution in [-0.2, 0) is 0 Å². The largest absolute Gasteiger partial charge is 0.391 e. The van der Waals surface area contributed by atoms with Gasteiger partial charge in [0.2, 0.25) is 0 Å². The van der Waals surface area contributed by atoms with Crippen LogP contribution in [0.5, 0.6) is 0 Å². The lowest BCUT2D eigenvalue weighted by atomic mass is 9.85. The molecule has 4 nitrogen and oxygen atoms in total. The van der Waals surface area contributed by atoms with Crippen LogP contribution < -0.4 is 10.9 Å². The normalized spacial score (nSPS) is 23.4. The van der Waals surface area contributed by atoms with Crippen molar-refractivity contribution in [1.82, 2.24) is 10.3 Å². The minimum absolute atomic E-state index is 0.0818. The predicted molar refractivity (Wildman–Crippen MR) is 66.3 cm³/mol. The zero-order valence-corrected chi connectivity index (χ0v) is 10.7. The molecule has 1 amide bonds. The second kappa shape index (κ2) is 5.68. The Hall–Kier alpha value is -1.79. The maximum Gasteiger partial charge on any atom is 0.391 e. The smallest absolute Gasteiger partial charge is 0.349 e. The number of H-pyrrole nitrogens is 1. The Morgan fingerprint density at radius 3 is 2.75 bits per heavy atom. The van der Waals surface area contributed by atoms with Crippen molar-refractivity contribution in [2.24, 2.45) is 5.92 Å². The molecule has 1 aliphatic rings. The number of nitrogens with one attached hydrogen (secondary N) is 2. The highest BCUT2D eigenvalue weighted by molar-refractivity contribution is 5.93. The first-order chi connectivity index (χ1) is 9.38. The number of aromatic nitrogens is 1. The average Bonchev–Trinajstić information content (AvgIpc) is 2.38. The summed E-state index contributed by atoms with van der Waals surface area (Å²) in [6, 6.07) is 2.30. The van der Waals surface area contributed by atoms with Crippen molar-refractivity contribution in [3.63, 3.8) is 0 Å². The number of hydrogen-bond donors (Lipinski definition) is 2. The maximum atomic E-state index is 12.7. The molecule has 0 saturated heterocycles. The van der Waals surface area contributed by atoms with Gasteiger partial charge >= 0.3 is 6.18 Å². The molecule has 2 N–H and O–H groups in total. The molecule has 1 aromatic heterocycles. The van der Waals surface area contributed by atoms with Crippen molar-refractivity contribution in [2.45, 2.75) is 37.9 Å². The van der Waals surface area contributed by atoms with Crippen LogP contribution in [0.3, 0.4) is 0 Å². The summed E-state index contributed by atoms with van der Waals surface area (Å²) in [5, 5.41) is 2.52. The summed E-state index contributed by atoms with van der Waals surface area (Å²) in [5.41, 5.74) is -0.630. The molecule has 110 valence electrons. The molecule has 2 atom stereocenters. The summed E-state index contributed by atoms with van der Waals surface area (Å²) >= 11 is 0. The van der Waals surface area contributed by atoms with E-state index in [9.17, 15) is 22.8 Å². The highest BCUT2D eigenvalue weighted by Gasteiger charge is 2.42. The Morgan fingerprint density at radius 1 is 1.35 bits per heavy atom. The van der Waals surface area contributed by atoms with Gasteiger partial charge in [0.05, 0.1) is 5.92 Å². The van der Waals surface area contributed by atoms with Crippen molar-refractivity contribution in [3.05, 3.63) is 34.2 Å². The number of halogens is 3. The molecule has 0 spiro atoms. The fourth-order valence-electron chi connectivity index (χ4n) is 2.48. The van der Waals surface area contributed by atoms with E-state index in [0.29, 0.717) is 12.8 Å². The predicted octanol–water partition coefficient (Wildman–Crippen LogP) is 2.23. The lowest BCUT2D eigenvalue weighted by molar-refractivity contribution is -0.183. The quantitative estimate of drug-likeness (QED) is 0.876. The monoisotopic (exact) mass is 288 g/mol. The second-order valence-electron chi connectivity index (χ2n) is 4.99. The molecule has 1 aromatic rings. The van der Waals surface area contributed by atoms with Gasteiger partial charge in [0, 0.05) is 12.2 Å². The number of carbonyl (C=O) groups excluding carboxylic acids is 1. The SMILES string of the molecule is O=C(NC1CCCC(C(F)(F)F)C1)c1ccc[nH]c1=O. The summed E-state index contributed by atoms with van der Waals surface area (Å²) in [6.07, 6.45) is -1.95. The molecule has 0 aromatic carbocycles. The molecule has 1 fully saturated rings. The van der Waals surface area contributed by atoms with Crippen molar-refractivity contribution >= 4 is 5.91 Å². The minimum Gasteiger partial charge on any atom is -0.349 e. The molecule has 0 bridgehead atoms. The van der Waals surface area contributed by atoms with Gasteiger partial charge in [-0.05, 0) is 31.4 Å². The fraction of sp³-hybridized carbons (Fsp3) is 0.538. The van der Waals surface area contributed by atoms with Crippen molar-refractivity contribution in [2.75, 3.05) is 0 Å². The summed E-state index contributed by atoms with van der Waals surface area (Å²) in [4.78, 5) is 25.7. The minimum atomic E-state index is -4.23. The van der Waals surface area contributed by atoms with E-state index < -0.39 is 29.6 Å². The van der Waals surface area contributed by atoms with Crippen molar-refractivity contribution in [1.29, 1.82) is 0 Å². The number of carbonyl (C=O) groups is 1. The first kappa shape index (κ1) is 14.6. The van der Waals surface area contributed by atoms with Crippen LogP contribution in [0.4, 0.5) is 13.2 Å². The van der Waals surface area contributed by atoms with E-state index in [0.717, 1.165) is 0 Å². The molecule has 2 unspecified atom stereocenters. The summed E-state index contributed by atoms with van der Waals surface area (Å²) in [6.45, 7) is 0. The molecular weight excluding hydrogens is 273 g/mol. The van der Waals surface area contributed by atoms with E-state index in [1.807, 2.05) is 0 Å². The number of hydrogen-bond acceptors (Lipinski definition) is 2. The van der Waals surface area contributed by atoms with Crippen LogP contribution in [0.1, 0.15) is 36.0 Å². The number of rotatable bonds is 2. The number of pyridine rings is 1. The fourth-order valence-corrected chi connectivity index (χ4v) is 2.48. The van der Waals surface area contributed by atoms with E-state index in [4.69, 9.17) is 0 Å². The van der Waals surface area contributed by atoms with Gasteiger partial charge in [0.1, 0.15) is 5.56 Å². The van der Waals surface area contributed by atoms with Crippen LogP contribution in [-0.4, -0.2) is 23.1 Å². The van der Waals surface area contributed by atoms with Crippen LogP contribution in [0.25, 0.3) is 0 Å². The molecule has 1 heterocycles. The molecule has 2 rings (SSSR count).